The molecular formula is C17H22ClNO3S. The topological polar surface area (TPSA) is 41.9 Å². The molecule has 0 saturated heterocycles. The lowest BCUT2D eigenvalue weighted by Crippen LogP contribution is -2.34. The number of hydrogen-bond acceptors (Lipinski definition) is 5. The zero-order chi connectivity index (χ0) is 16.5. The van der Waals surface area contributed by atoms with E-state index in [0.717, 1.165) is 5.75 Å². The number of likely N-dealkylation sites (N-methyl/N-ethyl adjacent to an activating group) is 1. The number of thiophene rings is 1. The second-order valence-corrected chi connectivity index (χ2v) is 6.79. The number of rotatable bonds is 10. The fourth-order valence-corrected chi connectivity index (χ4v) is 2.89. The van der Waals surface area contributed by atoms with Crippen LogP contribution in [0, 0.1) is 0 Å². The first kappa shape index (κ1) is 18.2. The van der Waals surface area contributed by atoms with Crippen LogP contribution in [0.4, 0.5) is 0 Å². The van der Waals surface area contributed by atoms with Crippen LogP contribution in [0.25, 0.3) is 0 Å². The molecule has 0 saturated carbocycles. The molecule has 1 aromatic carbocycles. The van der Waals surface area contributed by atoms with E-state index in [-0.39, 0.29) is 0 Å². The van der Waals surface area contributed by atoms with Gasteiger partial charge in [-0.3, -0.25) is 0 Å². The lowest BCUT2D eigenvalue weighted by molar-refractivity contribution is 0.0132. The minimum atomic E-state index is -0.508. The highest BCUT2D eigenvalue weighted by Crippen LogP contribution is 2.16. The number of halogens is 1. The average Bonchev–Trinajstić information content (AvgIpc) is 3.00. The monoisotopic (exact) mass is 355 g/mol. The van der Waals surface area contributed by atoms with Crippen LogP contribution < -0.4 is 4.74 Å². The molecule has 0 radical (unpaired) electrons. The molecular weight excluding hydrogens is 334 g/mol. The van der Waals surface area contributed by atoms with E-state index in [9.17, 15) is 5.11 Å². The van der Waals surface area contributed by atoms with Crippen LogP contribution in [0.1, 0.15) is 4.88 Å². The van der Waals surface area contributed by atoms with Crippen LogP contribution in [0.5, 0.6) is 5.75 Å². The van der Waals surface area contributed by atoms with Gasteiger partial charge < -0.3 is 19.5 Å². The van der Waals surface area contributed by atoms with Gasteiger partial charge in [-0.15, -0.1) is 11.3 Å². The maximum Gasteiger partial charge on any atom is 0.120 e. The summed E-state index contributed by atoms with van der Waals surface area (Å²) < 4.78 is 11.1. The molecule has 0 spiro atoms. The first-order valence-corrected chi connectivity index (χ1v) is 8.74. The Morgan fingerprint density at radius 3 is 2.91 bits per heavy atom. The molecule has 1 heterocycles. The van der Waals surface area contributed by atoms with Gasteiger partial charge in [0.05, 0.1) is 19.3 Å². The highest BCUT2D eigenvalue weighted by atomic mass is 35.5. The van der Waals surface area contributed by atoms with Crippen molar-refractivity contribution in [2.24, 2.45) is 0 Å². The Balaban J connectivity index is 1.57. The molecule has 1 unspecified atom stereocenters. The molecule has 0 aliphatic carbocycles. The van der Waals surface area contributed by atoms with Crippen LogP contribution >= 0.6 is 22.9 Å². The van der Waals surface area contributed by atoms with Crippen LogP contribution in [0.3, 0.4) is 0 Å². The summed E-state index contributed by atoms with van der Waals surface area (Å²) in [6.45, 7) is 2.69. The molecule has 0 amide bonds. The van der Waals surface area contributed by atoms with Crippen molar-refractivity contribution in [3.8, 4) is 5.75 Å². The van der Waals surface area contributed by atoms with E-state index < -0.39 is 6.10 Å². The second-order valence-electron chi connectivity index (χ2n) is 5.32. The molecule has 0 bridgehead atoms. The SMILES string of the molecule is CN(CCOc1cccc(Cl)c1)CC(O)COCc1cccs1. The molecule has 23 heavy (non-hydrogen) atoms. The van der Waals surface area contributed by atoms with Gasteiger partial charge in [-0.25, -0.2) is 0 Å². The Hall–Kier alpha value is -1.11. The number of nitrogens with zero attached hydrogens (tertiary/aromatic N) is 1. The largest absolute Gasteiger partial charge is 0.492 e. The van der Waals surface area contributed by atoms with Gasteiger partial charge in [0.2, 0.25) is 0 Å². The minimum Gasteiger partial charge on any atom is -0.492 e. The number of aliphatic hydroxyl groups excluding tert-OH is 1. The summed E-state index contributed by atoms with van der Waals surface area (Å²) in [6.07, 6.45) is -0.508. The third-order valence-electron chi connectivity index (χ3n) is 3.19. The first-order valence-electron chi connectivity index (χ1n) is 7.48. The van der Waals surface area contributed by atoms with E-state index in [1.807, 2.05) is 47.7 Å². The predicted octanol–water partition coefficient (Wildman–Crippen LogP) is 3.29. The fraction of sp³-hybridized carbons (Fsp3) is 0.412. The summed E-state index contributed by atoms with van der Waals surface area (Å²) in [5.74, 6) is 0.755. The van der Waals surface area contributed by atoms with Gasteiger partial charge >= 0.3 is 0 Å². The van der Waals surface area contributed by atoms with Gasteiger partial charge in [0.25, 0.3) is 0 Å². The Morgan fingerprint density at radius 2 is 2.17 bits per heavy atom. The van der Waals surface area contributed by atoms with Crippen LogP contribution in [-0.4, -0.2) is 49.5 Å². The summed E-state index contributed by atoms with van der Waals surface area (Å²) in [5.41, 5.74) is 0. The minimum absolute atomic E-state index is 0.331. The standard InChI is InChI=1S/C17H22ClNO3S/c1-19(7-8-22-16-5-2-4-14(18)10-16)11-15(20)12-21-13-17-6-3-9-23-17/h2-6,9-10,15,20H,7-8,11-13H2,1H3. The highest BCUT2D eigenvalue weighted by molar-refractivity contribution is 7.09. The van der Waals surface area contributed by atoms with Crippen molar-refractivity contribution >= 4 is 22.9 Å². The summed E-state index contributed by atoms with van der Waals surface area (Å²) in [7, 11) is 1.95. The molecule has 6 heteroatoms. The van der Waals surface area contributed by atoms with E-state index in [0.29, 0.717) is 37.9 Å². The van der Waals surface area contributed by atoms with Crippen molar-refractivity contribution in [1.29, 1.82) is 0 Å². The lowest BCUT2D eigenvalue weighted by atomic mass is 10.3. The van der Waals surface area contributed by atoms with Gasteiger partial charge in [0.15, 0.2) is 0 Å². The van der Waals surface area contributed by atoms with Crippen molar-refractivity contribution in [3.63, 3.8) is 0 Å². The molecule has 0 fully saturated rings. The maximum absolute atomic E-state index is 9.98. The Bertz CT molecular complexity index is 565. The molecule has 1 atom stereocenters. The van der Waals surface area contributed by atoms with Gasteiger partial charge in [-0.1, -0.05) is 23.7 Å². The average molecular weight is 356 g/mol. The highest BCUT2D eigenvalue weighted by Gasteiger charge is 2.09. The van der Waals surface area contributed by atoms with Crippen molar-refractivity contribution in [2.75, 3.05) is 33.4 Å². The van der Waals surface area contributed by atoms with Gasteiger partial charge in [-0.05, 0) is 36.7 Å². The van der Waals surface area contributed by atoms with Gasteiger partial charge in [-0.2, -0.15) is 0 Å². The maximum atomic E-state index is 9.98. The van der Waals surface area contributed by atoms with Gasteiger partial charge in [0, 0.05) is 23.0 Å². The Labute approximate surface area is 146 Å². The van der Waals surface area contributed by atoms with Crippen LogP contribution in [0.15, 0.2) is 41.8 Å². The van der Waals surface area contributed by atoms with Crippen molar-refractivity contribution in [2.45, 2.75) is 12.7 Å². The molecule has 2 rings (SSSR count). The van der Waals surface area contributed by atoms with Crippen molar-refractivity contribution in [3.05, 3.63) is 51.7 Å². The van der Waals surface area contributed by atoms with Crippen molar-refractivity contribution < 1.29 is 14.6 Å². The predicted molar refractivity (Wildman–Crippen MR) is 94.4 cm³/mol. The molecule has 2 aromatic rings. The Morgan fingerprint density at radius 1 is 1.30 bits per heavy atom. The zero-order valence-corrected chi connectivity index (χ0v) is 14.7. The van der Waals surface area contributed by atoms with E-state index in [4.69, 9.17) is 21.1 Å². The van der Waals surface area contributed by atoms with E-state index in [1.54, 1.807) is 17.4 Å². The molecule has 4 nitrogen and oxygen atoms in total. The van der Waals surface area contributed by atoms with E-state index in [1.165, 1.54) is 4.88 Å². The normalized spacial score (nSPS) is 12.5. The first-order chi connectivity index (χ1) is 11.1. The van der Waals surface area contributed by atoms with E-state index in [2.05, 4.69) is 0 Å². The summed E-state index contributed by atoms with van der Waals surface area (Å²) in [6, 6.07) is 11.3. The molecule has 0 aliphatic heterocycles. The zero-order valence-electron chi connectivity index (χ0n) is 13.2. The molecule has 0 aliphatic rings. The third kappa shape index (κ3) is 7.33. The van der Waals surface area contributed by atoms with Crippen molar-refractivity contribution in [1.82, 2.24) is 4.90 Å². The number of ether oxygens (including phenoxy) is 2. The van der Waals surface area contributed by atoms with Gasteiger partial charge in [0.1, 0.15) is 12.4 Å². The van der Waals surface area contributed by atoms with Crippen LogP contribution in [-0.2, 0) is 11.3 Å². The summed E-state index contributed by atoms with van der Waals surface area (Å²) >= 11 is 7.56. The molecule has 126 valence electrons. The second kappa shape index (κ2) is 9.90. The van der Waals surface area contributed by atoms with Crippen LogP contribution in [0.2, 0.25) is 5.02 Å². The quantitative estimate of drug-likeness (QED) is 0.710. The molecule has 1 aromatic heterocycles. The smallest absolute Gasteiger partial charge is 0.120 e. The van der Waals surface area contributed by atoms with E-state index >= 15 is 0 Å². The molecule has 1 N–H and O–H groups in total. The summed E-state index contributed by atoms with van der Waals surface area (Å²) in [5, 5.41) is 12.7. The Kier molecular flexibility index (Phi) is 7.85. The third-order valence-corrected chi connectivity index (χ3v) is 4.28. The number of aliphatic hydroxyl groups is 1. The number of benzene rings is 1. The summed E-state index contributed by atoms with van der Waals surface area (Å²) in [4.78, 5) is 3.18. The lowest BCUT2D eigenvalue weighted by Gasteiger charge is -2.20. The fourth-order valence-electron chi connectivity index (χ4n) is 2.07. The number of hydrogen-bond donors (Lipinski definition) is 1.